The van der Waals surface area contributed by atoms with Gasteiger partial charge in [0.2, 0.25) is 5.95 Å². The topological polar surface area (TPSA) is 78.1 Å². The molecule has 0 saturated carbocycles. The Balaban J connectivity index is 1.42. The molecule has 0 atom stereocenters. The summed E-state index contributed by atoms with van der Waals surface area (Å²) in [5, 5.41) is 9.28. The Morgan fingerprint density at radius 2 is 1.89 bits per heavy atom. The predicted octanol–water partition coefficient (Wildman–Crippen LogP) is 4.02. The molecule has 8 nitrogen and oxygen atoms in total. The molecule has 0 N–H and O–H groups in total. The average molecular weight is 493 g/mol. The zero-order chi connectivity index (χ0) is 24.4. The summed E-state index contributed by atoms with van der Waals surface area (Å²) in [6, 6.07) is 13.9. The average Bonchev–Trinajstić information content (AvgIpc) is 3.44. The molecule has 35 heavy (non-hydrogen) atoms. The summed E-state index contributed by atoms with van der Waals surface area (Å²) in [4.78, 5) is 19.7. The van der Waals surface area contributed by atoms with E-state index in [-0.39, 0.29) is 17.4 Å². The van der Waals surface area contributed by atoms with Crippen molar-refractivity contribution in [3.05, 3.63) is 77.5 Å². The highest BCUT2D eigenvalue weighted by Crippen LogP contribution is 2.29. The molecule has 10 heteroatoms. The fourth-order valence-electron chi connectivity index (χ4n) is 4.26. The molecule has 3 aromatic heterocycles. The molecule has 1 aliphatic rings. The minimum atomic E-state index is -0.349. The molecular weight excluding hydrogens is 467 g/mol. The van der Waals surface area contributed by atoms with Crippen LogP contribution in [0.3, 0.4) is 0 Å². The molecule has 1 aliphatic heterocycles. The number of anilines is 1. The van der Waals surface area contributed by atoms with E-state index in [0.29, 0.717) is 48.7 Å². The lowest BCUT2D eigenvalue weighted by Gasteiger charge is -2.27. The van der Waals surface area contributed by atoms with Gasteiger partial charge in [-0.3, -0.25) is 9.36 Å². The van der Waals surface area contributed by atoms with Crippen LogP contribution in [0.2, 0.25) is 0 Å². The summed E-state index contributed by atoms with van der Waals surface area (Å²) in [7, 11) is 0. The number of morpholine rings is 1. The maximum atomic E-state index is 14.1. The van der Waals surface area contributed by atoms with E-state index in [2.05, 4.69) is 20.1 Å². The third-order valence-corrected chi connectivity index (χ3v) is 6.85. The number of carbonyl (C=O) groups excluding carboxylic acids is 1. The van der Waals surface area contributed by atoms with Crippen LogP contribution >= 0.6 is 11.8 Å². The predicted molar refractivity (Wildman–Crippen MR) is 132 cm³/mol. The van der Waals surface area contributed by atoms with Crippen LogP contribution in [0.15, 0.2) is 59.9 Å². The number of pyridine rings is 1. The van der Waals surface area contributed by atoms with E-state index in [1.165, 1.54) is 23.9 Å². The summed E-state index contributed by atoms with van der Waals surface area (Å²) in [5.74, 6) is 1.19. The van der Waals surface area contributed by atoms with Gasteiger partial charge in [0.25, 0.3) is 0 Å². The van der Waals surface area contributed by atoms with Crippen LogP contribution in [0, 0.1) is 19.7 Å². The van der Waals surface area contributed by atoms with Crippen LogP contribution in [0.1, 0.15) is 21.7 Å². The van der Waals surface area contributed by atoms with E-state index in [1.807, 2.05) is 53.3 Å². The van der Waals surface area contributed by atoms with Gasteiger partial charge in [-0.05, 0) is 50.2 Å². The van der Waals surface area contributed by atoms with Gasteiger partial charge in [0.1, 0.15) is 11.6 Å². The van der Waals surface area contributed by atoms with E-state index < -0.39 is 0 Å². The van der Waals surface area contributed by atoms with E-state index in [1.54, 1.807) is 12.3 Å². The smallest absolute Gasteiger partial charge is 0.232 e. The van der Waals surface area contributed by atoms with Crippen LogP contribution in [-0.4, -0.2) is 62.2 Å². The maximum absolute atomic E-state index is 14.1. The molecule has 0 aliphatic carbocycles. The standard InChI is InChI=1S/C25H25FN6O2S/c1-17-14-21(18(2)31(17)23-8-3-4-9-27-23)22(33)16-35-25-29-28-24(30-10-12-34-13-11-30)32(25)20-7-5-6-19(26)15-20/h3-9,14-15H,10-13,16H2,1-2H3. The highest BCUT2D eigenvalue weighted by molar-refractivity contribution is 7.99. The number of hydrogen-bond donors (Lipinski definition) is 0. The van der Waals surface area contributed by atoms with Crippen molar-refractivity contribution in [1.29, 1.82) is 0 Å². The second-order valence-electron chi connectivity index (χ2n) is 8.22. The number of aryl methyl sites for hydroxylation is 1. The maximum Gasteiger partial charge on any atom is 0.232 e. The first kappa shape index (κ1) is 23.3. The fourth-order valence-corrected chi connectivity index (χ4v) is 5.09. The molecule has 4 aromatic rings. The lowest BCUT2D eigenvalue weighted by atomic mass is 10.2. The molecule has 1 fully saturated rings. The van der Waals surface area contributed by atoms with Crippen molar-refractivity contribution in [2.45, 2.75) is 19.0 Å². The van der Waals surface area contributed by atoms with Gasteiger partial charge in [-0.15, -0.1) is 10.2 Å². The highest BCUT2D eigenvalue weighted by Gasteiger charge is 2.24. The molecule has 0 unspecified atom stereocenters. The summed E-state index contributed by atoms with van der Waals surface area (Å²) >= 11 is 1.29. The van der Waals surface area contributed by atoms with Gasteiger partial charge in [-0.2, -0.15) is 0 Å². The molecule has 0 amide bonds. The summed E-state index contributed by atoms with van der Waals surface area (Å²) in [6.45, 7) is 6.38. The second-order valence-corrected chi connectivity index (χ2v) is 9.16. The Bertz CT molecular complexity index is 1350. The molecule has 180 valence electrons. The third kappa shape index (κ3) is 4.71. The number of halogens is 1. The van der Waals surface area contributed by atoms with Crippen molar-refractivity contribution < 1.29 is 13.9 Å². The van der Waals surface area contributed by atoms with Crippen LogP contribution in [0.25, 0.3) is 11.5 Å². The molecule has 5 rings (SSSR count). The van der Waals surface area contributed by atoms with Crippen molar-refractivity contribution in [3.63, 3.8) is 0 Å². The highest BCUT2D eigenvalue weighted by atomic mass is 32.2. The summed E-state index contributed by atoms with van der Waals surface area (Å²) < 4.78 is 23.3. The van der Waals surface area contributed by atoms with Gasteiger partial charge in [-0.25, -0.2) is 9.37 Å². The first-order valence-electron chi connectivity index (χ1n) is 11.3. The summed E-state index contributed by atoms with van der Waals surface area (Å²) in [5.41, 5.74) is 3.03. The second kappa shape index (κ2) is 10.0. The zero-order valence-electron chi connectivity index (χ0n) is 19.5. The summed E-state index contributed by atoms with van der Waals surface area (Å²) in [6.07, 6.45) is 1.73. The zero-order valence-corrected chi connectivity index (χ0v) is 20.3. The van der Waals surface area contributed by atoms with Crippen LogP contribution in [0.5, 0.6) is 0 Å². The van der Waals surface area contributed by atoms with E-state index in [4.69, 9.17) is 4.74 Å². The van der Waals surface area contributed by atoms with Crippen LogP contribution < -0.4 is 4.90 Å². The molecule has 4 heterocycles. The monoisotopic (exact) mass is 492 g/mol. The van der Waals surface area contributed by atoms with Crippen molar-refractivity contribution in [2.75, 3.05) is 37.0 Å². The number of hydrogen-bond acceptors (Lipinski definition) is 7. The molecule has 1 saturated heterocycles. The number of benzene rings is 1. The first-order valence-corrected chi connectivity index (χ1v) is 12.3. The van der Waals surface area contributed by atoms with Crippen molar-refractivity contribution >= 4 is 23.5 Å². The van der Waals surface area contributed by atoms with Gasteiger partial charge in [0.15, 0.2) is 10.9 Å². The third-order valence-electron chi connectivity index (χ3n) is 5.92. The number of carbonyl (C=O) groups is 1. The minimum absolute atomic E-state index is 0.0213. The molecular formula is C25H25FN6O2S. The first-order chi connectivity index (χ1) is 17.0. The number of nitrogens with zero attached hydrogens (tertiary/aromatic N) is 6. The van der Waals surface area contributed by atoms with Crippen molar-refractivity contribution in [2.24, 2.45) is 0 Å². The SMILES string of the molecule is Cc1cc(C(=O)CSc2nnc(N3CCOCC3)n2-c2cccc(F)c2)c(C)n1-c1ccccn1. The Morgan fingerprint density at radius 3 is 2.63 bits per heavy atom. The van der Waals surface area contributed by atoms with Crippen molar-refractivity contribution in [1.82, 2.24) is 24.3 Å². The quantitative estimate of drug-likeness (QED) is 0.285. The van der Waals surface area contributed by atoms with Gasteiger partial charge >= 0.3 is 0 Å². The normalized spacial score (nSPS) is 13.9. The lowest BCUT2D eigenvalue weighted by Crippen LogP contribution is -2.37. The number of ketones is 1. The van der Waals surface area contributed by atoms with Gasteiger partial charge in [0.05, 0.1) is 24.7 Å². The Labute approximate surface area is 206 Å². The Kier molecular flexibility index (Phi) is 6.65. The van der Waals surface area contributed by atoms with E-state index in [0.717, 1.165) is 17.2 Å². The van der Waals surface area contributed by atoms with E-state index in [9.17, 15) is 9.18 Å². The van der Waals surface area contributed by atoms with Crippen LogP contribution in [-0.2, 0) is 4.74 Å². The molecule has 0 radical (unpaired) electrons. The largest absolute Gasteiger partial charge is 0.378 e. The molecule has 0 spiro atoms. The Hall–Kier alpha value is -3.50. The lowest BCUT2D eigenvalue weighted by molar-refractivity contribution is 0.102. The number of thioether (sulfide) groups is 1. The van der Waals surface area contributed by atoms with Gasteiger partial charge in [-0.1, -0.05) is 23.9 Å². The number of ether oxygens (including phenoxy) is 1. The number of aromatic nitrogens is 5. The van der Waals surface area contributed by atoms with Crippen molar-refractivity contribution in [3.8, 4) is 11.5 Å². The minimum Gasteiger partial charge on any atom is -0.378 e. The van der Waals surface area contributed by atoms with Gasteiger partial charge in [0, 0.05) is 36.2 Å². The number of Topliss-reactive ketones (excluding diaryl/α,β-unsaturated/α-hetero) is 1. The van der Waals surface area contributed by atoms with E-state index >= 15 is 0 Å². The fraction of sp³-hybridized carbons (Fsp3) is 0.280. The van der Waals surface area contributed by atoms with Gasteiger partial charge < -0.3 is 14.2 Å². The molecule has 1 aromatic carbocycles. The van der Waals surface area contributed by atoms with Crippen LogP contribution in [0.4, 0.5) is 10.3 Å². The molecule has 0 bridgehead atoms. The Morgan fingerprint density at radius 1 is 1.06 bits per heavy atom. The number of rotatable bonds is 7.